The number of aliphatic carboxylic acids is 1. The maximum absolute atomic E-state index is 10.4. The lowest BCUT2D eigenvalue weighted by atomic mass is 9.97. The van der Waals surface area contributed by atoms with Crippen LogP contribution in [0.2, 0.25) is 0 Å². The van der Waals surface area contributed by atoms with Crippen LogP contribution in [-0.4, -0.2) is 16.6 Å². The first kappa shape index (κ1) is 8.91. The molecule has 0 aromatic heterocycles. The largest absolute Gasteiger partial charge is 0.480 e. The Morgan fingerprint density at radius 2 is 2.20 bits per heavy atom. The Kier molecular flexibility index (Phi) is 2.83. The second-order valence-corrected chi connectivity index (χ2v) is 2.04. The van der Waals surface area contributed by atoms with Crippen LogP contribution < -0.4 is 5.73 Å². The minimum absolute atomic E-state index is 0.200. The van der Waals surface area contributed by atoms with E-state index in [1.807, 2.05) is 0 Å². The summed E-state index contributed by atoms with van der Waals surface area (Å²) in [6.07, 6.45) is 2.86. The van der Waals surface area contributed by atoms with E-state index < -0.39 is 11.5 Å². The summed E-state index contributed by atoms with van der Waals surface area (Å²) in [6.45, 7) is 6.70. The van der Waals surface area contributed by atoms with Gasteiger partial charge >= 0.3 is 5.97 Å². The molecule has 0 saturated heterocycles. The zero-order chi connectivity index (χ0) is 8.20. The minimum atomic E-state index is -1.35. The van der Waals surface area contributed by atoms with Gasteiger partial charge in [-0.1, -0.05) is 12.2 Å². The van der Waals surface area contributed by atoms with Crippen molar-refractivity contribution in [1.82, 2.24) is 0 Å². The highest BCUT2D eigenvalue weighted by Gasteiger charge is 2.27. The van der Waals surface area contributed by atoms with Crippen LogP contribution >= 0.6 is 0 Å². The summed E-state index contributed by atoms with van der Waals surface area (Å²) < 4.78 is 0. The summed E-state index contributed by atoms with van der Waals surface area (Å²) in [7, 11) is 0. The van der Waals surface area contributed by atoms with Crippen molar-refractivity contribution in [2.45, 2.75) is 12.0 Å². The molecule has 0 radical (unpaired) electrons. The highest BCUT2D eigenvalue weighted by atomic mass is 16.4. The van der Waals surface area contributed by atoms with Gasteiger partial charge in [0.2, 0.25) is 0 Å². The normalized spacial score (nSPS) is 15.3. The lowest BCUT2D eigenvalue weighted by molar-refractivity contribution is -0.141. The monoisotopic (exact) mass is 141 g/mol. The van der Waals surface area contributed by atoms with Crippen molar-refractivity contribution in [3.05, 3.63) is 25.3 Å². The first-order valence-corrected chi connectivity index (χ1v) is 2.83. The third kappa shape index (κ3) is 1.70. The molecule has 0 aliphatic rings. The van der Waals surface area contributed by atoms with Crippen molar-refractivity contribution in [3.63, 3.8) is 0 Å². The van der Waals surface area contributed by atoms with Gasteiger partial charge in [0, 0.05) is 0 Å². The van der Waals surface area contributed by atoms with Crippen LogP contribution in [0.4, 0.5) is 0 Å². The Hall–Kier alpha value is -1.09. The molecular weight excluding hydrogens is 130 g/mol. The molecule has 3 nitrogen and oxygen atoms in total. The van der Waals surface area contributed by atoms with E-state index in [0.717, 1.165) is 0 Å². The fraction of sp³-hybridized carbons (Fsp3) is 0.286. The molecule has 0 aromatic carbocycles. The molecule has 0 bridgehead atoms. The van der Waals surface area contributed by atoms with Crippen LogP contribution in [0, 0.1) is 0 Å². The second-order valence-electron chi connectivity index (χ2n) is 2.04. The van der Waals surface area contributed by atoms with Crippen molar-refractivity contribution in [2.24, 2.45) is 5.73 Å². The minimum Gasteiger partial charge on any atom is -0.480 e. The summed E-state index contributed by atoms with van der Waals surface area (Å²) in [5, 5.41) is 8.52. The molecule has 3 N–H and O–H groups in total. The molecule has 0 rings (SSSR count). The molecule has 0 heterocycles. The molecule has 0 spiro atoms. The summed E-state index contributed by atoms with van der Waals surface area (Å²) in [5.41, 5.74) is 4.02. The number of hydrogen-bond acceptors (Lipinski definition) is 2. The van der Waals surface area contributed by atoms with Gasteiger partial charge in [-0.2, -0.15) is 0 Å². The van der Waals surface area contributed by atoms with Gasteiger partial charge in [-0.05, 0) is 6.42 Å². The van der Waals surface area contributed by atoms with Gasteiger partial charge in [0.15, 0.2) is 0 Å². The average Bonchev–Trinajstić information content (AvgIpc) is 1.88. The summed E-state index contributed by atoms with van der Waals surface area (Å²) in [6, 6.07) is 0. The van der Waals surface area contributed by atoms with Crippen molar-refractivity contribution >= 4 is 5.97 Å². The zero-order valence-electron chi connectivity index (χ0n) is 5.71. The lowest BCUT2D eigenvalue weighted by Gasteiger charge is -2.17. The van der Waals surface area contributed by atoms with Crippen molar-refractivity contribution in [3.8, 4) is 0 Å². The van der Waals surface area contributed by atoms with Crippen molar-refractivity contribution < 1.29 is 9.90 Å². The van der Waals surface area contributed by atoms with Gasteiger partial charge in [0.1, 0.15) is 5.54 Å². The van der Waals surface area contributed by atoms with Gasteiger partial charge in [0.05, 0.1) is 0 Å². The van der Waals surface area contributed by atoms with Gasteiger partial charge in [-0.3, -0.25) is 0 Å². The van der Waals surface area contributed by atoms with E-state index in [9.17, 15) is 4.79 Å². The van der Waals surface area contributed by atoms with Crippen LogP contribution in [-0.2, 0) is 4.79 Å². The standard InChI is InChI=1S/C7H11NO2/c1-3-5-7(8,4-2)6(9)10/h3-4H,1-2,5,8H2,(H,9,10)/t7-/m1/s1. The number of nitrogens with two attached hydrogens (primary N) is 1. The topological polar surface area (TPSA) is 63.3 Å². The van der Waals surface area contributed by atoms with Crippen molar-refractivity contribution in [1.29, 1.82) is 0 Å². The van der Waals surface area contributed by atoms with Gasteiger partial charge < -0.3 is 10.8 Å². The molecule has 0 aromatic rings. The van der Waals surface area contributed by atoms with E-state index in [1.165, 1.54) is 12.2 Å². The van der Waals surface area contributed by atoms with Gasteiger partial charge in [-0.25, -0.2) is 4.79 Å². The molecule has 0 aliphatic heterocycles. The number of carbonyl (C=O) groups is 1. The Balaban J connectivity index is 4.36. The van der Waals surface area contributed by atoms with E-state index in [4.69, 9.17) is 10.8 Å². The van der Waals surface area contributed by atoms with Crippen LogP contribution in [0.1, 0.15) is 6.42 Å². The Morgan fingerprint density at radius 1 is 1.70 bits per heavy atom. The van der Waals surface area contributed by atoms with Crippen LogP contribution in [0.15, 0.2) is 25.3 Å². The first-order chi connectivity index (χ1) is 4.56. The third-order valence-corrected chi connectivity index (χ3v) is 1.24. The fourth-order valence-corrected chi connectivity index (χ4v) is 0.497. The summed E-state index contributed by atoms with van der Waals surface area (Å²) in [4.78, 5) is 10.4. The summed E-state index contributed by atoms with van der Waals surface area (Å²) >= 11 is 0. The zero-order valence-corrected chi connectivity index (χ0v) is 5.71. The maximum Gasteiger partial charge on any atom is 0.328 e. The number of rotatable bonds is 4. The highest BCUT2D eigenvalue weighted by Crippen LogP contribution is 2.07. The first-order valence-electron chi connectivity index (χ1n) is 2.83. The molecule has 0 aliphatic carbocycles. The molecule has 3 heteroatoms. The molecule has 0 fully saturated rings. The Labute approximate surface area is 59.8 Å². The Bertz CT molecular complexity index is 165. The second kappa shape index (κ2) is 3.17. The summed E-state index contributed by atoms with van der Waals surface area (Å²) in [5.74, 6) is -1.08. The van der Waals surface area contributed by atoms with Gasteiger partial charge in [-0.15, -0.1) is 13.2 Å². The molecule has 0 unspecified atom stereocenters. The van der Waals surface area contributed by atoms with E-state index >= 15 is 0 Å². The molecular formula is C7H11NO2. The van der Waals surface area contributed by atoms with E-state index in [-0.39, 0.29) is 6.42 Å². The van der Waals surface area contributed by atoms with E-state index in [1.54, 1.807) is 0 Å². The van der Waals surface area contributed by atoms with Crippen LogP contribution in [0.3, 0.4) is 0 Å². The van der Waals surface area contributed by atoms with Gasteiger partial charge in [0.25, 0.3) is 0 Å². The van der Waals surface area contributed by atoms with E-state index in [0.29, 0.717) is 0 Å². The molecule has 0 saturated carbocycles. The number of carboxylic acids is 1. The van der Waals surface area contributed by atoms with Crippen LogP contribution in [0.25, 0.3) is 0 Å². The molecule has 0 amide bonds. The lowest BCUT2D eigenvalue weighted by Crippen LogP contribution is -2.45. The van der Waals surface area contributed by atoms with E-state index in [2.05, 4.69) is 13.2 Å². The predicted octanol–water partition coefficient (Wildman–Crippen LogP) is 0.531. The highest BCUT2D eigenvalue weighted by molar-refractivity contribution is 5.81. The SMILES string of the molecule is C=CC[C@](N)(C=C)C(=O)O. The predicted molar refractivity (Wildman–Crippen MR) is 39.6 cm³/mol. The maximum atomic E-state index is 10.4. The Morgan fingerprint density at radius 3 is 2.30 bits per heavy atom. The fourth-order valence-electron chi connectivity index (χ4n) is 0.497. The van der Waals surface area contributed by atoms with Crippen molar-refractivity contribution in [2.75, 3.05) is 0 Å². The molecule has 56 valence electrons. The van der Waals surface area contributed by atoms with Crippen LogP contribution in [0.5, 0.6) is 0 Å². The average molecular weight is 141 g/mol. The smallest absolute Gasteiger partial charge is 0.328 e. The number of hydrogen-bond donors (Lipinski definition) is 2. The molecule has 1 atom stereocenters. The third-order valence-electron chi connectivity index (χ3n) is 1.24. The quantitative estimate of drug-likeness (QED) is 0.561. The molecule has 10 heavy (non-hydrogen) atoms. The number of carboxylic acid groups (broad SMARTS) is 1.